The molecule has 1 aliphatic rings. The summed E-state index contributed by atoms with van der Waals surface area (Å²) in [5, 5.41) is 3.04. The van der Waals surface area contributed by atoms with Crippen molar-refractivity contribution in [2.24, 2.45) is 0 Å². The molecule has 2 aromatic rings. The van der Waals surface area contributed by atoms with Crippen LogP contribution in [0.2, 0.25) is 0 Å². The number of halogens is 2. The predicted molar refractivity (Wildman–Crippen MR) is 74.1 cm³/mol. The molecule has 4 heteroatoms. The minimum absolute atomic E-state index is 0.104. The molecule has 1 unspecified atom stereocenters. The van der Waals surface area contributed by atoms with E-state index in [1.807, 2.05) is 13.0 Å². The van der Waals surface area contributed by atoms with Gasteiger partial charge in [0.1, 0.15) is 23.5 Å². The second kappa shape index (κ2) is 5.12. The molecular formula is C16H15F2NO. The lowest BCUT2D eigenvalue weighted by Gasteiger charge is -2.13. The largest absolute Gasteiger partial charge is 0.488 e. The highest BCUT2D eigenvalue weighted by Crippen LogP contribution is 2.29. The summed E-state index contributed by atoms with van der Waals surface area (Å²) in [5.74, 6) is 0.180. The zero-order valence-electron chi connectivity index (χ0n) is 11.1. The van der Waals surface area contributed by atoms with Gasteiger partial charge < -0.3 is 10.1 Å². The Bertz CT molecular complexity index is 642. The highest BCUT2D eigenvalue weighted by Gasteiger charge is 2.23. The molecule has 2 nitrogen and oxygen atoms in total. The predicted octanol–water partition coefficient (Wildman–Crippen LogP) is 3.69. The van der Waals surface area contributed by atoms with Crippen LogP contribution < -0.4 is 10.1 Å². The lowest BCUT2D eigenvalue weighted by molar-refractivity contribution is 0.246. The Morgan fingerprint density at radius 3 is 2.85 bits per heavy atom. The fourth-order valence-corrected chi connectivity index (χ4v) is 2.39. The van der Waals surface area contributed by atoms with Crippen LogP contribution in [0, 0.1) is 18.6 Å². The van der Waals surface area contributed by atoms with Gasteiger partial charge in [-0.3, -0.25) is 0 Å². The van der Waals surface area contributed by atoms with Crippen LogP contribution in [0.4, 0.5) is 14.5 Å². The molecule has 3 rings (SSSR count). The molecule has 2 aromatic carbocycles. The van der Waals surface area contributed by atoms with Crippen molar-refractivity contribution in [3.8, 4) is 5.75 Å². The van der Waals surface area contributed by atoms with E-state index in [1.165, 1.54) is 18.2 Å². The number of nitrogens with one attached hydrogen (secondary N) is 1. The van der Waals surface area contributed by atoms with Gasteiger partial charge in [0.05, 0.1) is 12.2 Å². The normalized spacial score (nSPS) is 16.6. The summed E-state index contributed by atoms with van der Waals surface area (Å²) in [6.07, 6.45) is 0.528. The zero-order valence-corrected chi connectivity index (χ0v) is 11.1. The molecule has 0 amide bonds. The maximum Gasteiger partial charge on any atom is 0.146 e. The Balaban J connectivity index is 1.63. The lowest BCUT2D eigenvalue weighted by atomic mass is 10.1. The number of fused-ring (bicyclic) bond motifs is 1. The fourth-order valence-electron chi connectivity index (χ4n) is 2.39. The van der Waals surface area contributed by atoms with E-state index >= 15 is 0 Å². The van der Waals surface area contributed by atoms with Crippen molar-refractivity contribution in [1.82, 2.24) is 0 Å². The van der Waals surface area contributed by atoms with Crippen LogP contribution in [0.15, 0.2) is 36.4 Å². The van der Waals surface area contributed by atoms with E-state index in [1.54, 1.807) is 12.1 Å². The molecule has 0 bridgehead atoms. The van der Waals surface area contributed by atoms with Gasteiger partial charge in [0.25, 0.3) is 0 Å². The summed E-state index contributed by atoms with van der Waals surface area (Å²) in [7, 11) is 0. The Kier molecular flexibility index (Phi) is 3.30. The summed E-state index contributed by atoms with van der Waals surface area (Å²) < 4.78 is 32.5. The highest BCUT2D eigenvalue weighted by molar-refractivity contribution is 5.47. The van der Waals surface area contributed by atoms with Crippen molar-refractivity contribution in [3.05, 3.63) is 59.2 Å². The molecule has 0 aliphatic carbocycles. The van der Waals surface area contributed by atoms with Gasteiger partial charge in [-0.1, -0.05) is 6.07 Å². The Labute approximate surface area is 116 Å². The summed E-state index contributed by atoms with van der Waals surface area (Å²) in [6, 6.07) is 9.56. The first kappa shape index (κ1) is 12.9. The molecule has 1 heterocycles. The van der Waals surface area contributed by atoms with Crippen molar-refractivity contribution in [1.29, 1.82) is 0 Å². The molecule has 0 saturated heterocycles. The zero-order chi connectivity index (χ0) is 14.1. The highest BCUT2D eigenvalue weighted by atomic mass is 19.1. The van der Waals surface area contributed by atoms with Crippen LogP contribution in [-0.2, 0) is 6.42 Å². The van der Waals surface area contributed by atoms with Gasteiger partial charge >= 0.3 is 0 Å². The van der Waals surface area contributed by atoms with Crippen LogP contribution in [0.5, 0.6) is 5.75 Å². The Hall–Kier alpha value is -2.10. The van der Waals surface area contributed by atoms with Gasteiger partial charge in [-0.25, -0.2) is 8.78 Å². The van der Waals surface area contributed by atoms with Gasteiger partial charge in [0.2, 0.25) is 0 Å². The fraction of sp³-hybridized carbons (Fsp3) is 0.250. The Morgan fingerprint density at radius 2 is 2.05 bits per heavy atom. The van der Waals surface area contributed by atoms with Gasteiger partial charge in [-0.05, 0) is 42.8 Å². The number of benzene rings is 2. The first-order chi connectivity index (χ1) is 9.61. The maximum atomic E-state index is 13.7. The van der Waals surface area contributed by atoms with E-state index in [9.17, 15) is 8.78 Å². The molecule has 1 atom stereocenters. The number of hydrogen-bond donors (Lipinski definition) is 1. The topological polar surface area (TPSA) is 21.3 Å². The third kappa shape index (κ3) is 2.59. The smallest absolute Gasteiger partial charge is 0.146 e. The summed E-state index contributed by atoms with van der Waals surface area (Å²) in [6.45, 7) is 2.33. The van der Waals surface area contributed by atoms with Crippen LogP contribution in [0.1, 0.15) is 11.1 Å². The quantitative estimate of drug-likeness (QED) is 0.922. The van der Waals surface area contributed by atoms with Gasteiger partial charge in [-0.15, -0.1) is 0 Å². The number of rotatable bonds is 3. The van der Waals surface area contributed by atoms with Gasteiger partial charge in [-0.2, -0.15) is 0 Å². The van der Waals surface area contributed by atoms with Crippen LogP contribution >= 0.6 is 0 Å². The van der Waals surface area contributed by atoms with Crippen LogP contribution in [0.3, 0.4) is 0 Å². The van der Waals surface area contributed by atoms with Crippen molar-refractivity contribution in [3.63, 3.8) is 0 Å². The molecule has 0 spiro atoms. The number of ether oxygens (including phenoxy) is 1. The second-order valence-corrected chi connectivity index (χ2v) is 5.06. The van der Waals surface area contributed by atoms with E-state index in [0.29, 0.717) is 24.4 Å². The third-order valence-electron chi connectivity index (χ3n) is 3.41. The van der Waals surface area contributed by atoms with E-state index in [0.717, 1.165) is 11.1 Å². The lowest BCUT2D eigenvalue weighted by Crippen LogP contribution is -2.24. The second-order valence-electron chi connectivity index (χ2n) is 5.06. The molecule has 20 heavy (non-hydrogen) atoms. The SMILES string of the molecule is Cc1ccc(NCC2Cc3cc(F)ccc3O2)c(F)c1. The minimum Gasteiger partial charge on any atom is -0.488 e. The third-order valence-corrected chi connectivity index (χ3v) is 3.41. The first-order valence-electron chi connectivity index (χ1n) is 6.57. The molecule has 0 radical (unpaired) electrons. The number of anilines is 1. The van der Waals surface area contributed by atoms with Crippen molar-refractivity contribution in [2.75, 3.05) is 11.9 Å². The molecular weight excluding hydrogens is 260 g/mol. The minimum atomic E-state index is -0.272. The standard InChI is InChI=1S/C16H15F2NO/c1-10-2-4-15(14(18)6-10)19-9-13-8-11-7-12(17)3-5-16(11)20-13/h2-7,13,19H,8-9H2,1H3. The maximum absolute atomic E-state index is 13.7. The summed E-state index contributed by atoms with van der Waals surface area (Å²) >= 11 is 0. The van der Waals surface area contributed by atoms with Gasteiger partial charge in [0.15, 0.2) is 0 Å². The molecule has 1 aliphatic heterocycles. The number of aryl methyl sites for hydroxylation is 1. The van der Waals surface area contributed by atoms with E-state index in [4.69, 9.17) is 4.74 Å². The van der Waals surface area contributed by atoms with E-state index in [2.05, 4.69) is 5.32 Å². The van der Waals surface area contributed by atoms with Crippen LogP contribution in [-0.4, -0.2) is 12.6 Å². The summed E-state index contributed by atoms with van der Waals surface area (Å²) in [5.41, 5.74) is 2.20. The van der Waals surface area contributed by atoms with E-state index < -0.39 is 0 Å². The average molecular weight is 275 g/mol. The monoisotopic (exact) mass is 275 g/mol. The van der Waals surface area contributed by atoms with Crippen LogP contribution in [0.25, 0.3) is 0 Å². The summed E-state index contributed by atoms with van der Waals surface area (Å²) in [4.78, 5) is 0. The molecule has 0 saturated carbocycles. The first-order valence-corrected chi connectivity index (χ1v) is 6.57. The number of hydrogen-bond acceptors (Lipinski definition) is 2. The molecule has 1 N–H and O–H groups in total. The van der Waals surface area contributed by atoms with Gasteiger partial charge in [0, 0.05) is 12.0 Å². The average Bonchev–Trinajstić information content (AvgIpc) is 2.79. The molecule has 0 fully saturated rings. The van der Waals surface area contributed by atoms with Crippen molar-refractivity contribution >= 4 is 5.69 Å². The molecule has 104 valence electrons. The van der Waals surface area contributed by atoms with E-state index in [-0.39, 0.29) is 17.7 Å². The van der Waals surface area contributed by atoms with Crippen molar-refractivity contribution in [2.45, 2.75) is 19.4 Å². The molecule has 0 aromatic heterocycles. The van der Waals surface area contributed by atoms with Crippen molar-refractivity contribution < 1.29 is 13.5 Å². The Morgan fingerprint density at radius 1 is 1.20 bits per heavy atom.